The van der Waals surface area contributed by atoms with Crippen molar-refractivity contribution in [3.8, 4) is 0 Å². The van der Waals surface area contributed by atoms with E-state index >= 15 is 0 Å². The van der Waals surface area contributed by atoms with Gasteiger partial charge < -0.3 is 10.4 Å². The first-order valence-electron chi connectivity index (χ1n) is 6.22. The molecule has 1 atom stereocenters. The largest absolute Gasteiger partial charge is 0.480 e. The summed E-state index contributed by atoms with van der Waals surface area (Å²) in [4.78, 5) is 35.2. The SMILES string of the molecule is CCC(CCCN1C(=O)CCC1=O)(NC)C(=O)O. The highest BCUT2D eigenvalue weighted by molar-refractivity contribution is 6.01. The molecule has 0 radical (unpaired) electrons. The highest BCUT2D eigenvalue weighted by Crippen LogP contribution is 2.19. The Morgan fingerprint density at radius 2 is 1.94 bits per heavy atom. The summed E-state index contributed by atoms with van der Waals surface area (Å²) in [5.41, 5.74) is -0.966. The molecule has 0 spiro atoms. The molecule has 2 N–H and O–H groups in total. The number of likely N-dealkylation sites (N-methyl/N-ethyl adjacent to an activating group) is 1. The molecule has 2 amide bonds. The van der Waals surface area contributed by atoms with Gasteiger partial charge in [0.15, 0.2) is 0 Å². The van der Waals surface area contributed by atoms with E-state index in [4.69, 9.17) is 0 Å². The minimum absolute atomic E-state index is 0.151. The molecule has 6 heteroatoms. The third-order valence-electron chi connectivity index (χ3n) is 3.63. The zero-order chi connectivity index (χ0) is 13.8. The quantitative estimate of drug-likeness (QED) is 0.643. The molecule has 0 aliphatic carbocycles. The Balaban J connectivity index is 2.51. The molecule has 0 bridgehead atoms. The van der Waals surface area contributed by atoms with E-state index in [1.54, 1.807) is 14.0 Å². The molecular weight excluding hydrogens is 236 g/mol. The van der Waals surface area contributed by atoms with Gasteiger partial charge in [-0.05, 0) is 26.3 Å². The normalized spacial score (nSPS) is 19.1. The van der Waals surface area contributed by atoms with Crippen molar-refractivity contribution in [1.82, 2.24) is 10.2 Å². The number of imide groups is 1. The van der Waals surface area contributed by atoms with Crippen molar-refractivity contribution < 1.29 is 19.5 Å². The van der Waals surface area contributed by atoms with Gasteiger partial charge in [0.25, 0.3) is 0 Å². The molecule has 1 heterocycles. The monoisotopic (exact) mass is 256 g/mol. The van der Waals surface area contributed by atoms with Crippen LogP contribution in [-0.4, -0.2) is 46.9 Å². The maximum atomic E-state index is 11.4. The molecular formula is C12H20N2O4. The number of carboxylic acid groups (broad SMARTS) is 1. The van der Waals surface area contributed by atoms with Gasteiger partial charge in [0.05, 0.1) is 0 Å². The van der Waals surface area contributed by atoms with Gasteiger partial charge in [-0.3, -0.25) is 19.3 Å². The number of carbonyl (C=O) groups is 3. The Labute approximate surface area is 106 Å². The fraction of sp³-hybridized carbons (Fsp3) is 0.750. The minimum atomic E-state index is -0.966. The number of nitrogens with zero attached hydrogens (tertiary/aromatic N) is 1. The van der Waals surface area contributed by atoms with Crippen molar-refractivity contribution in [2.24, 2.45) is 0 Å². The molecule has 0 saturated carbocycles. The lowest BCUT2D eigenvalue weighted by Gasteiger charge is -2.28. The summed E-state index contributed by atoms with van der Waals surface area (Å²) in [6, 6.07) is 0. The molecule has 1 unspecified atom stereocenters. The highest BCUT2D eigenvalue weighted by Gasteiger charge is 2.35. The standard InChI is InChI=1S/C12H20N2O4/c1-3-12(13-2,11(17)18)7-4-8-14-9(15)5-6-10(14)16/h13H,3-8H2,1-2H3,(H,17,18). The van der Waals surface area contributed by atoms with E-state index in [1.165, 1.54) is 4.90 Å². The van der Waals surface area contributed by atoms with Crippen LogP contribution in [0.15, 0.2) is 0 Å². The second kappa shape index (κ2) is 5.95. The lowest BCUT2D eigenvalue weighted by atomic mass is 9.90. The topological polar surface area (TPSA) is 86.7 Å². The van der Waals surface area contributed by atoms with Gasteiger partial charge >= 0.3 is 5.97 Å². The minimum Gasteiger partial charge on any atom is -0.480 e. The second-order valence-electron chi connectivity index (χ2n) is 4.53. The van der Waals surface area contributed by atoms with Crippen LogP contribution in [0.2, 0.25) is 0 Å². The summed E-state index contributed by atoms with van der Waals surface area (Å²) < 4.78 is 0. The number of rotatable bonds is 7. The number of likely N-dealkylation sites (tertiary alicyclic amines) is 1. The molecule has 0 aromatic carbocycles. The number of hydrogen-bond donors (Lipinski definition) is 2. The van der Waals surface area contributed by atoms with E-state index in [9.17, 15) is 19.5 Å². The van der Waals surface area contributed by atoms with Gasteiger partial charge in [-0.2, -0.15) is 0 Å². The summed E-state index contributed by atoms with van der Waals surface area (Å²) in [7, 11) is 1.61. The zero-order valence-electron chi connectivity index (χ0n) is 10.9. The van der Waals surface area contributed by atoms with Crippen LogP contribution < -0.4 is 5.32 Å². The number of amides is 2. The van der Waals surface area contributed by atoms with Gasteiger partial charge in [0, 0.05) is 19.4 Å². The van der Waals surface area contributed by atoms with Crippen LogP contribution >= 0.6 is 0 Å². The van der Waals surface area contributed by atoms with E-state index < -0.39 is 11.5 Å². The van der Waals surface area contributed by atoms with E-state index in [0.29, 0.717) is 25.8 Å². The number of carbonyl (C=O) groups excluding carboxylic acids is 2. The molecule has 18 heavy (non-hydrogen) atoms. The van der Waals surface area contributed by atoms with E-state index in [1.807, 2.05) is 0 Å². The van der Waals surface area contributed by atoms with E-state index in [0.717, 1.165) is 0 Å². The van der Waals surface area contributed by atoms with Gasteiger partial charge in [-0.1, -0.05) is 6.92 Å². The van der Waals surface area contributed by atoms with Gasteiger partial charge in [-0.25, -0.2) is 0 Å². The van der Waals surface area contributed by atoms with Gasteiger partial charge in [0.1, 0.15) is 5.54 Å². The van der Waals surface area contributed by atoms with Crippen LogP contribution in [0.5, 0.6) is 0 Å². The number of nitrogens with one attached hydrogen (secondary N) is 1. The molecule has 0 aromatic heterocycles. The highest BCUT2D eigenvalue weighted by atomic mass is 16.4. The Morgan fingerprint density at radius 1 is 1.39 bits per heavy atom. The summed E-state index contributed by atoms with van der Waals surface area (Å²) in [5, 5.41) is 12.0. The van der Waals surface area contributed by atoms with Crippen molar-refractivity contribution in [1.29, 1.82) is 0 Å². The number of carboxylic acids is 1. The van der Waals surface area contributed by atoms with Crippen LogP contribution in [0, 0.1) is 0 Å². The van der Waals surface area contributed by atoms with Crippen LogP contribution in [0.3, 0.4) is 0 Å². The molecule has 1 fully saturated rings. The van der Waals surface area contributed by atoms with E-state index in [-0.39, 0.29) is 24.7 Å². The number of hydrogen-bond acceptors (Lipinski definition) is 4. The average molecular weight is 256 g/mol. The average Bonchev–Trinajstić information content (AvgIpc) is 2.66. The molecule has 1 rings (SSSR count). The summed E-state index contributed by atoms with van der Waals surface area (Å²) in [6.07, 6.45) is 1.91. The Bertz CT molecular complexity index is 334. The molecule has 0 aromatic rings. The summed E-state index contributed by atoms with van der Waals surface area (Å²) >= 11 is 0. The van der Waals surface area contributed by atoms with E-state index in [2.05, 4.69) is 5.32 Å². The molecule has 1 aliphatic heterocycles. The summed E-state index contributed by atoms with van der Waals surface area (Å²) in [5.74, 6) is -1.20. The van der Waals surface area contributed by atoms with Crippen molar-refractivity contribution in [2.75, 3.05) is 13.6 Å². The Morgan fingerprint density at radius 3 is 2.33 bits per heavy atom. The smallest absolute Gasteiger partial charge is 0.323 e. The first kappa shape index (κ1) is 14.6. The molecule has 6 nitrogen and oxygen atoms in total. The molecule has 1 aliphatic rings. The predicted octanol–water partition coefficient (Wildman–Crippen LogP) is 0.368. The van der Waals surface area contributed by atoms with Crippen molar-refractivity contribution in [3.05, 3.63) is 0 Å². The summed E-state index contributed by atoms with van der Waals surface area (Å²) in [6.45, 7) is 2.12. The molecule has 1 saturated heterocycles. The fourth-order valence-electron chi connectivity index (χ4n) is 2.25. The van der Waals surface area contributed by atoms with Crippen molar-refractivity contribution in [3.63, 3.8) is 0 Å². The fourth-order valence-corrected chi connectivity index (χ4v) is 2.25. The zero-order valence-corrected chi connectivity index (χ0v) is 10.9. The first-order valence-corrected chi connectivity index (χ1v) is 6.22. The third-order valence-corrected chi connectivity index (χ3v) is 3.63. The van der Waals surface area contributed by atoms with Crippen molar-refractivity contribution in [2.45, 2.75) is 44.6 Å². The van der Waals surface area contributed by atoms with Gasteiger partial charge in [-0.15, -0.1) is 0 Å². The van der Waals surface area contributed by atoms with Crippen LogP contribution in [0.1, 0.15) is 39.0 Å². The van der Waals surface area contributed by atoms with Crippen LogP contribution in [-0.2, 0) is 14.4 Å². The maximum Gasteiger partial charge on any atom is 0.323 e. The first-order chi connectivity index (χ1) is 8.46. The van der Waals surface area contributed by atoms with Crippen LogP contribution in [0.4, 0.5) is 0 Å². The van der Waals surface area contributed by atoms with Gasteiger partial charge in [0.2, 0.25) is 11.8 Å². The van der Waals surface area contributed by atoms with Crippen molar-refractivity contribution >= 4 is 17.8 Å². The third kappa shape index (κ3) is 2.87. The maximum absolute atomic E-state index is 11.4. The predicted molar refractivity (Wildman–Crippen MR) is 64.9 cm³/mol. The molecule has 102 valence electrons. The Kier molecular flexibility index (Phi) is 4.84. The van der Waals surface area contributed by atoms with Crippen LogP contribution in [0.25, 0.3) is 0 Å². The lowest BCUT2D eigenvalue weighted by molar-refractivity contribution is -0.145. The lowest BCUT2D eigenvalue weighted by Crippen LogP contribution is -2.50. The number of aliphatic carboxylic acids is 1. The Hall–Kier alpha value is -1.43. The second-order valence-corrected chi connectivity index (χ2v) is 4.53.